The predicted molar refractivity (Wildman–Crippen MR) is 86.6 cm³/mol. The van der Waals surface area contributed by atoms with E-state index >= 15 is 0 Å². The maximum absolute atomic E-state index is 12.2. The van der Waals surface area contributed by atoms with Gasteiger partial charge in [0.15, 0.2) is 5.78 Å². The average molecular weight is 344 g/mol. The summed E-state index contributed by atoms with van der Waals surface area (Å²) >= 11 is 11.9. The van der Waals surface area contributed by atoms with Gasteiger partial charge in [0.05, 0.1) is 16.6 Å². The number of halogens is 2. The summed E-state index contributed by atoms with van der Waals surface area (Å²) < 4.78 is 5.34. The second kappa shape index (κ2) is 6.47. The highest BCUT2D eigenvalue weighted by Crippen LogP contribution is 2.31. The number of likely N-dealkylation sites (tertiary alicyclic amines) is 1. The van der Waals surface area contributed by atoms with Crippen LogP contribution in [-0.4, -0.2) is 35.5 Å². The quantitative estimate of drug-likeness (QED) is 0.764. The van der Waals surface area contributed by atoms with Gasteiger partial charge < -0.3 is 9.64 Å². The van der Waals surface area contributed by atoms with E-state index in [0.717, 1.165) is 5.56 Å². The summed E-state index contributed by atoms with van der Waals surface area (Å²) in [4.78, 5) is 25.6. The van der Waals surface area contributed by atoms with E-state index in [0.29, 0.717) is 23.0 Å². The van der Waals surface area contributed by atoms with Gasteiger partial charge in [-0.15, -0.1) is 0 Å². The van der Waals surface area contributed by atoms with Gasteiger partial charge in [-0.05, 0) is 38.5 Å². The molecule has 22 heavy (non-hydrogen) atoms. The zero-order valence-electron chi connectivity index (χ0n) is 12.9. The first kappa shape index (κ1) is 17.1. The highest BCUT2D eigenvalue weighted by molar-refractivity contribution is 6.42. The Bertz CT molecular complexity index is 596. The molecule has 4 nitrogen and oxygen atoms in total. The lowest BCUT2D eigenvalue weighted by Gasteiger charge is -2.33. The maximum Gasteiger partial charge on any atom is 0.410 e. The second-order valence-electron chi connectivity index (χ2n) is 6.47. The lowest BCUT2D eigenvalue weighted by molar-refractivity contribution is -0.122. The van der Waals surface area contributed by atoms with Crippen LogP contribution in [0.4, 0.5) is 4.79 Å². The van der Waals surface area contributed by atoms with Gasteiger partial charge in [-0.25, -0.2) is 4.79 Å². The number of hydrogen-bond donors (Lipinski definition) is 0. The summed E-state index contributed by atoms with van der Waals surface area (Å²) in [5.74, 6) is -0.0864. The molecule has 1 amide bonds. The normalized spacial score (nSPS) is 19.2. The van der Waals surface area contributed by atoms with Crippen molar-refractivity contribution in [1.82, 2.24) is 4.90 Å². The van der Waals surface area contributed by atoms with Gasteiger partial charge in [-0.2, -0.15) is 0 Å². The molecular weight excluding hydrogens is 325 g/mol. The van der Waals surface area contributed by atoms with E-state index in [4.69, 9.17) is 27.9 Å². The van der Waals surface area contributed by atoms with E-state index < -0.39 is 11.7 Å². The minimum Gasteiger partial charge on any atom is -0.444 e. The molecule has 1 aromatic carbocycles. The summed E-state index contributed by atoms with van der Waals surface area (Å²) in [6, 6.07) is 5.29. The molecule has 0 radical (unpaired) electrons. The van der Waals surface area contributed by atoms with Crippen molar-refractivity contribution in [3.63, 3.8) is 0 Å². The number of ketones is 1. The molecule has 1 saturated heterocycles. The molecular formula is C16H19Cl2NO3. The molecule has 1 heterocycles. The molecule has 0 spiro atoms. The number of piperidine rings is 1. The molecule has 1 aliphatic heterocycles. The number of amides is 1. The molecule has 0 aliphatic carbocycles. The molecule has 6 heteroatoms. The monoisotopic (exact) mass is 343 g/mol. The SMILES string of the molecule is CC(C)(C)OC(=O)N1CC(=O)CC(c2ccc(Cl)c(Cl)c2)C1. The Morgan fingerprint density at radius 2 is 1.95 bits per heavy atom. The number of carbonyl (C=O) groups is 2. The van der Waals surface area contributed by atoms with Crippen molar-refractivity contribution in [2.45, 2.75) is 38.7 Å². The van der Waals surface area contributed by atoms with Gasteiger partial charge in [0.2, 0.25) is 0 Å². The van der Waals surface area contributed by atoms with Crippen molar-refractivity contribution in [2.75, 3.05) is 13.1 Å². The van der Waals surface area contributed by atoms with Gasteiger partial charge in [-0.3, -0.25) is 4.79 Å². The number of carbonyl (C=O) groups excluding carboxylic acids is 2. The van der Waals surface area contributed by atoms with Crippen molar-refractivity contribution in [1.29, 1.82) is 0 Å². The van der Waals surface area contributed by atoms with E-state index in [1.54, 1.807) is 32.9 Å². The summed E-state index contributed by atoms with van der Waals surface area (Å²) in [5, 5.41) is 0.914. The summed E-state index contributed by atoms with van der Waals surface area (Å²) in [6.45, 7) is 5.92. The van der Waals surface area contributed by atoms with Crippen LogP contribution in [0, 0.1) is 0 Å². The van der Waals surface area contributed by atoms with E-state index in [9.17, 15) is 9.59 Å². The van der Waals surface area contributed by atoms with Crippen molar-refractivity contribution in [3.05, 3.63) is 33.8 Å². The van der Waals surface area contributed by atoms with Crippen LogP contribution < -0.4 is 0 Å². The van der Waals surface area contributed by atoms with Crippen LogP contribution in [0.25, 0.3) is 0 Å². The molecule has 1 fully saturated rings. The fourth-order valence-corrected chi connectivity index (χ4v) is 2.71. The first-order chi connectivity index (χ1) is 10.2. The van der Waals surface area contributed by atoms with Crippen LogP contribution in [0.2, 0.25) is 10.0 Å². The first-order valence-corrected chi connectivity index (χ1v) is 7.86. The summed E-state index contributed by atoms with van der Waals surface area (Å²) in [7, 11) is 0. The van der Waals surface area contributed by atoms with Crippen molar-refractivity contribution in [3.8, 4) is 0 Å². The third-order valence-corrected chi connectivity index (χ3v) is 4.09. The zero-order valence-corrected chi connectivity index (χ0v) is 14.4. The lowest BCUT2D eigenvalue weighted by atomic mass is 9.90. The van der Waals surface area contributed by atoms with Gasteiger partial charge in [0.25, 0.3) is 0 Å². The van der Waals surface area contributed by atoms with Crippen LogP contribution in [0.1, 0.15) is 38.7 Å². The Kier molecular flexibility index (Phi) is 5.03. The third kappa shape index (κ3) is 4.37. The van der Waals surface area contributed by atoms with Crippen LogP contribution in [0.5, 0.6) is 0 Å². The average Bonchev–Trinajstić information content (AvgIpc) is 2.39. The molecule has 0 bridgehead atoms. The van der Waals surface area contributed by atoms with Gasteiger partial charge >= 0.3 is 6.09 Å². The smallest absolute Gasteiger partial charge is 0.410 e. The molecule has 0 saturated carbocycles. The third-order valence-electron chi connectivity index (χ3n) is 3.35. The molecule has 2 rings (SSSR count). The van der Waals surface area contributed by atoms with Crippen LogP contribution in [-0.2, 0) is 9.53 Å². The van der Waals surface area contributed by atoms with Crippen LogP contribution in [0.15, 0.2) is 18.2 Å². The molecule has 1 atom stereocenters. The molecule has 1 aromatic rings. The van der Waals surface area contributed by atoms with Crippen molar-refractivity contribution >= 4 is 35.1 Å². The number of hydrogen-bond acceptors (Lipinski definition) is 3. The van der Waals surface area contributed by atoms with Gasteiger partial charge in [-0.1, -0.05) is 29.3 Å². The fourth-order valence-electron chi connectivity index (χ4n) is 2.40. The predicted octanol–water partition coefficient (Wildman–Crippen LogP) is 4.29. The minimum absolute atomic E-state index is 0.00758. The highest BCUT2D eigenvalue weighted by atomic mass is 35.5. The maximum atomic E-state index is 12.2. The van der Waals surface area contributed by atoms with E-state index in [1.807, 2.05) is 6.07 Å². The van der Waals surface area contributed by atoms with Gasteiger partial charge in [0, 0.05) is 18.9 Å². The fraction of sp³-hybridized carbons (Fsp3) is 0.500. The summed E-state index contributed by atoms with van der Waals surface area (Å²) in [6.07, 6.45) is -0.0809. The molecule has 120 valence electrons. The minimum atomic E-state index is -0.587. The van der Waals surface area contributed by atoms with Crippen LogP contribution in [0.3, 0.4) is 0 Å². The molecule has 1 unspecified atom stereocenters. The molecule has 1 aliphatic rings. The summed E-state index contributed by atoms with van der Waals surface area (Å²) in [5.41, 5.74) is 0.312. The number of Topliss-reactive ketones (excluding diaryl/α,β-unsaturated/α-hetero) is 1. The largest absolute Gasteiger partial charge is 0.444 e. The Labute approximate surface area is 140 Å². The van der Waals surface area contributed by atoms with E-state index in [2.05, 4.69) is 0 Å². The Balaban J connectivity index is 2.15. The Morgan fingerprint density at radius 3 is 2.55 bits per heavy atom. The Hall–Kier alpha value is -1.26. The number of ether oxygens (including phenoxy) is 1. The van der Waals surface area contributed by atoms with E-state index in [-0.39, 0.29) is 18.2 Å². The zero-order chi connectivity index (χ0) is 16.5. The standard InChI is InChI=1S/C16H19Cl2NO3/c1-16(2,3)22-15(21)19-8-11(6-12(20)9-19)10-4-5-13(17)14(18)7-10/h4-5,7,11H,6,8-9H2,1-3H3. The number of nitrogens with zero attached hydrogens (tertiary/aromatic N) is 1. The number of benzene rings is 1. The Morgan fingerprint density at radius 1 is 1.27 bits per heavy atom. The molecule has 0 aromatic heterocycles. The molecule has 0 N–H and O–H groups in total. The first-order valence-electron chi connectivity index (χ1n) is 7.10. The van der Waals surface area contributed by atoms with Crippen LogP contribution >= 0.6 is 23.2 Å². The van der Waals surface area contributed by atoms with E-state index in [1.165, 1.54) is 4.90 Å². The number of rotatable bonds is 1. The lowest BCUT2D eigenvalue weighted by Crippen LogP contribution is -2.45. The van der Waals surface area contributed by atoms with Crippen molar-refractivity contribution < 1.29 is 14.3 Å². The van der Waals surface area contributed by atoms with Crippen molar-refractivity contribution in [2.24, 2.45) is 0 Å². The second-order valence-corrected chi connectivity index (χ2v) is 7.29. The highest BCUT2D eigenvalue weighted by Gasteiger charge is 2.32. The van der Waals surface area contributed by atoms with Gasteiger partial charge in [0.1, 0.15) is 5.60 Å². The topological polar surface area (TPSA) is 46.6 Å².